The maximum Gasteiger partial charge on any atom is 0.240 e. The fourth-order valence-corrected chi connectivity index (χ4v) is 2.82. The molecule has 0 aromatic heterocycles. The van der Waals surface area contributed by atoms with Gasteiger partial charge < -0.3 is 15.3 Å². The molecule has 2 aliphatic rings. The molecule has 16 heavy (non-hydrogen) atoms. The zero-order valence-electron chi connectivity index (χ0n) is 9.98. The molecule has 0 saturated carbocycles. The third-order valence-corrected chi connectivity index (χ3v) is 3.96. The molecule has 0 aromatic rings. The van der Waals surface area contributed by atoms with Gasteiger partial charge in [0.1, 0.15) is 0 Å². The summed E-state index contributed by atoms with van der Waals surface area (Å²) in [5.41, 5.74) is 0. The van der Waals surface area contributed by atoms with Gasteiger partial charge in [-0.2, -0.15) is 0 Å². The van der Waals surface area contributed by atoms with Crippen LogP contribution >= 0.6 is 0 Å². The highest BCUT2D eigenvalue weighted by atomic mass is 16.3. The van der Waals surface area contributed by atoms with Crippen molar-refractivity contribution in [3.8, 4) is 0 Å². The molecule has 2 unspecified atom stereocenters. The van der Waals surface area contributed by atoms with Gasteiger partial charge >= 0.3 is 0 Å². The molecule has 92 valence electrons. The van der Waals surface area contributed by atoms with Crippen LogP contribution in [-0.4, -0.2) is 47.7 Å². The van der Waals surface area contributed by atoms with Crippen LogP contribution in [0, 0.1) is 5.92 Å². The summed E-state index contributed by atoms with van der Waals surface area (Å²) >= 11 is 0. The van der Waals surface area contributed by atoms with Gasteiger partial charge in [-0.05, 0) is 31.7 Å². The molecule has 4 nitrogen and oxygen atoms in total. The molecule has 3 atom stereocenters. The van der Waals surface area contributed by atoms with Crippen molar-refractivity contribution in [2.75, 3.05) is 19.7 Å². The van der Waals surface area contributed by atoms with Crippen LogP contribution in [0.4, 0.5) is 0 Å². The Morgan fingerprint density at radius 1 is 1.44 bits per heavy atom. The minimum atomic E-state index is -0.00639. The van der Waals surface area contributed by atoms with Gasteiger partial charge in [-0.3, -0.25) is 4.79 Å². The van der Waals surface area contributed by atoms with E-state index in [1.54, 1.807) is 0 Å². The van der Waals surface area contributed by atoms with Gasteiger partial charge in [-0.25, -0.2) is 0 Å². The van der Waals surface area contributed by atoms with E-state index in [-0.39, 0.29) is 24.6 Å². The number of aliphatic hydroxyl groups is 1. The SMILES string of the molecule is CC1CCN(C(=O)[C@@H]2CCCCN2)C1CO. The first-order valence-corrected chi connectivity index (χ1v) is 6.38. The van der Waals surface area contributed by atoms with Crippen molar-refractivity contribution in [3.05, 3.63) is 0 Å². The van der Waals surface area contributed by atoms with E-state index < -0.39 is 0 Å². The van der Waals surface area contributed by atoms with Crippen LogP contribution in [0.1, 0.15) is 32.6 Å². The maximum absolute atomic E-state index is 12.3. The average molecular weight is 226 g/mol. The monoisotopic (exact) mass is 226 g/mol. The van der Waals surface area contributed by atoms with Crippen LogP contribution in [0.25, 0.3) is 0 Å². The molecule has 2 N–H and O–H groups in total. The Morgan fingerprint density at radius 2 is 2.25 bits per heavy atom. The van der Waals surface area contributed by atoms with E-state index >= 15 is 0 Å². The average Bonchev–Trinajstić information content (AvgIpc) is 2.70. The van der Waals surface area contributed by atoms with Crippen molar-refractivity contribution >= 4 is 5.91 Å². The quantitative estimate of drug-likeness (QED) is 0.715. The highest BCUT2D eigenvalue weighted by Gasteiger charge is 2.36. The van der Waals surface area contributed by atoms with Gasteiger partial charge in [0.25, 0.3) is 0 Å². The first-order chi connectivity index (χ1) is 7.74. The van der Waals surface area contributed by atoms with E-state index in [0.717, 1.165) is 32.4 Å². The van der Waals surface area contributed by atoms with Crippen LogP contribution in [-0.2, 0) is 4.79 Å². The highest BCUT2D eigenvalue weighted by molar-refractivity contribution is 5.82. The number of hydrogen-bond acceptors (Lipinski definition) is 3. The number of likely N-dealkylation sites (tertiary alicyclic amines) is 1. The van der Waals surface area contributed by atoms with Crippen molar-refractivity contribution < 1.29 is 9.90 Å². The van der Waals surface area contributed by atoms with E-state index in [2.05, 4.69) is 12.2 Å². The third kappa shape index (κ3) is 2.23. The van der Waals surface area contributed by atoms with Crippen LogP contribution < -0.4 is 5.32 Å². The fraction of sp³-hybridized carbons (Fsp3) is 0.917. The van der Waals surface area contributed by atoms with Crippen molar-refractivity contribution in [3.63, 3.8) is 0 Å². The van der Waals surface area contributed by atoms with Crippen molar-refractivity contribution in [2.24, 2.45) is 5.92 Å². The zero-order chi connectivity index (χ0) is 11.5. The number of nitrogens with zero attached hydrogens (tertiary/aromatic N) is 1. The summed E-state index contributed by atoms with van der Waals surface area (Å²) in [6, 6.07) is 0.0318. The molecule has 2 heterocycles. The molecule has 1 amide bonds. The molecule has 0 aromatic carbocycles. The Morgan fingerprint density at radius 3 is 2.88 bits per heavy atom. The molecular weight excluding hydrogens is 204 g/mol. The van der Waals surface area contributed by atoms with Gasteiger partial charge in [0.05, 0.1) is 18.7 Å². The van der Waals surface area contributed by atoms with E-state index in [1.807, 2.05) is 4.90 Å². The highest BCUT2D eigenvalue weighted by Crippen LogP contribution is 2.25. The summed E-state index contributed by atoms with van der Waals surface area (Å²) in [6.45, 7) is 3.97. The largest absolute Gasteiger partial charge is 0.394 e. The molecule has 2 aliphatic heterocycles. The number of amides is 1. The lowest BCUT2D eigenvalue weighted by Crippen LogP contribution is -2.51. The summed E-state index contributed by atoms with van der Waals surface area (Å²) in [7, 11) is 0. The maximum atomic E-state index is 12.3. The van der Waals surface area contributed by atoms with Crippen molar-refractivity contribution in [2.45, 2.75) is 44.7 Å². The fourth-order valence-electron chi connectivity index (χ4n) is 2.82. The Kier molecular flexibility index (Phi) is 3.82. The van der Waals surface area contributed by atoms with E-state index in [4.69, 9.17) is 0 Å². The Balaban J connectivity index is 1.97. The molecule has 2 rings (SSSR count). The predicted octanol–water partition coefficient (Wildman–Crippen LogP) is 0.358. The Hall–Kier alpha value is -0.610. The second-order valence-electron chi connectivity index (χ2n) is 5.05. The summed E-state index contributed by atoms with van der Waals surface area (Å²) in [5.74, 6) is 0.626. The lowest BCUT2D eigenvalue weighted by molar-refractivity contribution is -0.136. The normalized spacial score (nSPS) is 35.4. The number of carbonyl (C=O) groups is 1. The molecule has 0 aliphatic carbocycles. The van der Waals surface area contributed by atoms with Gasteiger partial charge in [-0.1, -0.05) is 13.3 Å². The van der Waals surface area contributed by atoms with Crippen LogP contribution in [0.5, 0.6) is 0 Å². The predicted molar refractivity (Wildman–Crippen MR) is 62.0 cm³/mol. The van der Waals surface area contributed by atoms with Gasteiger partial charge in [0, 0.05) is 6.54 Å². The molecule has 2 saturated heterocycles. The number of rotatable bonds is 2. The lowest BCUT2D eigenvalue weighted by atomic mass is 10.0. The third-order valence-electron chi connectivity index (χ3n) is 3.96. The molecule has 0 spiro atoms. The summed E-state index contributed by atoms with van der Waals surface area (Å²) in [6.07, 6.45) is 4.27. The number of hydrogen-bond donors (Lipinski definition) is 2. The smallest absolute Gasteiger partial charge is 0.240 e. The zero-order valence-corrected chi connectivity index (χ0v) is 9.98. The van der Waals surface area contributed by atoms with Gasteiger partial charge in [0.15, 0.2) is 0 Å². The van der Waals surface area contributed by atoms with Gasteiger partial charge in [-0.15, -0.1) is 0 Å². The number of nitrogens with one attached hydrogen (secondary N) is 1. The number of aliphatic hydroxyl groups excluding tert-OH is 1. The minimum Gasteiger partial charge on any atom is -0.394 e. The number of piperidine rings is 1. The summed E-state index contributed by atoms with van der Waals surface area (Å²) in [5, 5.41) is 12.6. The topological polar surface area (TPSA) is 52.6 Å². The molecule has 2 fully saturated rings. The number of carbonyl (C=O) groups excluding carboxylic acids is 1. The molecule has 0 radical (unpaired) electrons. The van der Waals surface area contributed by atoms with Gasteiger partial charge in [0.2, 0.25) is 5.91 Å². The minimum absolute atomic E-state index is 0.00639. The van der Waals surface area contributed by atoms with E-state index in [1.165, 1.54) is 6.42 Å². The standard InChI is InChI=1S/C12H22N2O2/c1-9-5-7-14(11(9)8-15)12(16)10-4-2-3-6-13-10/h9-11,13,15H,2-8H2,1H3/t9?,10-,11?/m0/s1. The molecule has 4 heteroatoms. The van der Waals surface area contributed by atoms with E-state index in [9.17, 15) is 9.90 Å². The first kappa shape index (κ1) is 11.9. The summed E-state index contributed by atoms with van der Waals surface area (Å²) < 4.78 is 0. The van der Waals surface area contributed by atoms with Crippen LogP contribution in [0.3, 0.4) is 0 Å². The van der Waals surface area contributed by atoms with Crippen LogP contribution in [0.2, 0.25) is 0 Å². The second-order valence-corrected chi connectivity index (χ2v) is 5.05. The summed E-state index contributed by atoms with van der Waals surface area (Å²) in [4.78, 5) is 14.2. The Bertz CT molecular complexity index is 251. The second kappa shape index (κ2) is 5.15. The Labute approximate surface area is 97.0 Å². The first-order valence-electron chi connectivity index (χ1n) is 6.38. The van der Waals surface area contributed by atoms with Crippen molar-refractivity contribution in [1.82, 2.24) is 10.2 Å². The van der Waals surface area contributed by atoms with E-state index in [0.29, 0.717) is 5.92 Å². The van der Waals surface area contributed by atoms with Crippen LogP contribution in [0.15, 0.2) is 0 Å². The molecule has 0 bridgehead atoms. The molecular formula is C12H22N2O2. The lowest BCUT2D eigenvalue weighted by Gasteiger charge is -2.31. The van der Waals surface area contributed by atoms with Crippen molar-refractivity contribution in [1.29, 1.82) is 0 Å².